The van der Waals surface area contributed by atoms with Crippen molar-refractivity contribution in [1.82, 2.24) is 5.32 Å². The van der Waals surface area contributed by atoms with Gasteiger partial charge >= 0.3 is 0 Å². The van der Waals surface area contributed by atoms with Crippen LogP contribution in [0.2, 0.25) is 0 Å². The molecule has 0 bridgehead atoms. The quantitative estimate of drug-likeness (QED) is 0.832. The van der Waals surface area contributed by atoms with Crippen molar-refractivity contribution in [3.8, 4) is 6.07 Å². The lowest BCUT2D eigenvalue weighted by atomic mass is 10.1. The summed E-state index contributed by atoms with van der Waals surface area (Å²) >= 11 is 3.42. The summed E-state index contributed by atoms with van der Waals surface area (Å²) in [7, 11) is 0. The lowest BCUT2D eigenvalue weighted by Gasteiger charge is -2.10. The largest absolute Gasteiger partial charge is 0.336 e. The van der Waals surface area contributed by atoms with E-state index in [2.05, 4.69) is 27.3 Å². The van der Waals surface area contributed by atoms with Gasteiger partial charge in [0, 0.05) is 17.0 Å². The summed E-state index contributed by atoms with van der Waals surface area (Å²) in [5, 5.41) is 11.9. The van der Waals surface area contributed by atoms with E-state index in [1.54, 1.807) is 6.08 Å². The number of nitriles is 1. The summed E-state index contributed by atoms with van der Waals surface area (Å²) in [6.45, 7) is 0. The van der Waals surface area contributed by atoms with Gasteiger partial charge in [-0.3, -0.25) is 4.79 Å². The topological polar surface area (TPSA) is 52.9 Å². The standard InChI is InChI=1S/C18H15BrN2O/c19-17-9-5-4-8-15(17)10-11-18(22)21-16(13-20)12-14-6-2-1-3-7-14/h1-11,16H,12H2,(H,21,22)/b11-10+. The average Bonchev–Trinajstić information content (AvgIpc) is 2.54. The lowest BCUT2D eigenvalue weighted by Crippen LogP contribution is -2.34. The fourth-order valence-corrected chi connectivity index (χ4v) is 2.39. The summed E-state index contributed by atoms with van der Waals surface area (Å²) in [5.74, 6) is -0.279. The van der Waals surface area contributed by atoms with Crippen molar-refractivity contribution in [2.24, 2.45) is 0 Å². The van der Waals surface area contributed by atoms with Gasteiger partial charge in [0.05, 0.1) is 6.07 Å². The Morgan fingerprint density at radius 2 is 1.86 bits per heavy atom. The number of hydrogen-bond acceptors (Lipinski definition) is 2. The van der Waals surface area contributed by atoms with E-state index in [4.69, 9.17) is 5.26 Å². The monoisotopic (exact) mass is 354 g/mol. The molecule has 4 heteroatoms. The Morgan fingerprint density at radius 3 is 2.55 bits per heavy atom. The number of rotatable bonds is 5. The zero-order chi connectivity index (χ0) is 15.8. The SMILES string of the molecule is N#CC(Cc1ccccc1)NC(=O)/C=C/c1ccccc1Br. The van der Waals surface area contributed by atoms with E-state index in [-0.39, 0.29) is 5.91 Å². The van der Waals surface area contributed by atoms with E-state index in [1.165, 1.54) is 6.08 Å². The van der Waals surface area contributed by atoms with Crippen LogP contribution in [0.25, 0.3) is 6.08 Å². The van der Waals surface area contributed by atoms with E-state index < -0.39 is 6.04 Å². The molecule has 0 saturated heterocycles. The van der Waals surface area contributed by atoms with Crippen LogP contribution in [0.15, 0.2) is 65.1 Å². The fourth-order valence-electron chi connectivity index (χ4n) is 1.97. The van der Waals surface area contributed by atoms with Crippen LogP contribution in [0.1, 0.15) is 11.1 Å². The molecule has 2 rings (SSSR count). The Labute approximate surface area is 138 Å². The number of carbonyl (C=O) groups is 1. The third-order valence-electron chi connectivity index (χ3n) is 3.07. The first-order valence-corrected chi connectivity index (χ1v) is 7.65. The van der Waals surface area contributed by atoms with Crippen LogP contribution in [0.5, 0.6) is 0 Å². The molecule has 0 radical (unpaired) electrons. The van der Waals surface area contributed by atoms with Crippen LogP contribution < -0.4 is 5.32 Å². The van der Waals surface area contributed by atoms with Crippen molar-refractivity contribution in [2.75, 3.05) is 0 Å². The number of nitrogens with one attached hydrogen (secondary N) is 1. The Kier molecular flexibility index (Phi) is 5.93. The normalized spacial score (nSPS) is 11.8. The number of carbonyl (C=O) groups excluding carboxylic acids is 1. The summed E-state index contributed by atoms with van der Waals surface area (Å²) in [6.07, 6.45) is 3.65. The fraction of sp³-hybridized carbons (Fsp3) is 0.111. The third-order valence-corrected chi connectivity index (χ3v) is 3.80. The highest BCUT2D eigenvalue weighted by Crippen LogP contribution is 2.16. The highest BCUT2D eigenvalue weighted by Gasteiger charge is 2.10. The number of benzene rings is 2. The second kappa shape index (κ2) is 8.16. The van der Waals surface area contributed by atoms with Gasteiger partial charge in [-0.05, 0) is 23.3 Å². The average molecular weight is 355 g/mol. The summed E-state index contributed by atoms with van der Waals surface area (Å²) < 4.78 is 0.917. The smallest absolute Gasteiger partial charge is 0.245 e. The van der Waals surface area contributed by atoms with Gasteiger partial charge in [-0.1, -0.05) is 64.5 Å². The van der Waals surface area contributed by atoms with E-state index >= 15 is 0 Å². The van der Waals surface area contributed by atoms with Gasteiger partial charge in [0.1, 0.15) is 6.04 Å². The van der Waals surface area contributed by atoms with Crippen molar-refractivity contribution in [3.05, 3.63) is 76.3 Å². The Bertz CT molecular complexity index is 705. The van der Waals surface area contributed by atoms with E-state index in [1.807, 2.05) is 54.6 Å². The highest BCUT2D eigenvalue weighted by molar-refractivity contribution is 9.10. The number of nitrogens with zero attached hydrogens (tertiary/aromatic N) is 1. The van der Waals surface area contributed by atoms with Crippen LogP contribution in [0.4, 0.5) is 0 Å². The van der Waals surface area contributed by atoms with Crippen molar-refractivity contribution in [3.63, 3.8) is 0 Å². The van der Waals surface area contributed by atoms with Crippen molar-refractivity contribution >= 4 is 27.9 Å². The van der Waals surface area contributed by atoms with Crippen LogP contribution in [-0.2, 0) is 11.2 Å². The lowest BCUT2D eigenvalue weighted by molar-refractivity contribution is -0.116. The molecule has 22 heavy (non-hydrogen) atoms. The maximum absolute atomic E-state index is 11.9. The molecule has 1 unspecified atom stereocenters. The molecule has 0 saturated carbocycles. The summed E-state index contributed by atoms with van der Waals surface area (Å²) in [6, 6.07) is 18.8. The molecule has 1 N–H and O–H groups in total. The molecule has 1 atom stereocenters. The van der Waals surface area contributed by atoms with Gasteiger partial charge in [0.2, 0.25) is 5.91 Å². The molecule has 2 aromatic carbocycles. The first-order chi connectivity index (χ1) is 10.7. The number of amides is 1. The molecule has 0 fully saturated rings. The van der Waals surface area contributed by atoms with E-state index in [0.717, 1.165) is 15.6 Å². The molecule has 0 aliphatic heterocycles. The Balaban J connectivity index is 1.95. The second-order valence-corrected chi connectivity index (χ2v) is 5.59. The molecule has 0 aromatic heterocycles. The van der Waals surface area contributed by atoms with E-state index in [9.17, 15) is 4.79 Å². The second-order valence-electron chi connectivity index (χ2n) is 4.73. The molecule has 3 nitrogen and oxygen atoms in total. The maximum Gasteiger partial charge on any atom is 0.245 e. The molecule has 0 spiro atoms. The predicted octanol–water partition coefficient (Wildman–Crippen LogP) is 3.71. The van der Waals surface area contributed by atoms with Gasteiger partial charge in [-0.2, -0.15) is 5.26 Å². The van der Waals surface area contributed by atoms with Gasteiger partial charge in [-0.25, -0.2) is 0 Å². The predicted molar refractivity (Wildman–Crippen MR) is 90.9 cm³/mol. The number of halogens is 1. The van der Waals surface area contributed by atoms with Gasteiger partial charge < -0.3 is 5.32 Å². The molecule has 0 heterocycles. The van der Waals surface area contributed by atoms with Crippen molar-refractivity contribution in [1.29, 1.82) is 5.26 Å². The molecule has 0 aliphatic carbocycles. The van der Waals surface area contributed by atoms with Crippen LogP contribution in [-0.4, -0.2) is 11.9 Å². The molecule has 1 amide bonds. The maximum atomic E-state index is 11.9. The minimum Gasteiger partial charge on any atom is -0.336 e. The summed E-state index contributed by atoms with van der Waals surface area (Å²) in [5.41, 5.74) is 1.93. The summed E-state index contributed by atoms with van der Waals surface area (Å²) in [4.78, 5) is 11.9. The highest BCUT2D eigenvalue weighted by atomic mass is 79.9. The van der Waals surface area contributed by atoms with Crippen LogP contribution in [0, 0.1) is 11.3 Å². The zero-order valence-corrected chi connectivity index (χ0v) is 13.5. The molecule has 110 valence electrons. The first kappa shape index (κ1) is 16.0. The first-order valence-electron chi connectivity index (χ1n) is 6.85. The molecule has 2 aromatic rings. The van der Waals surface area contributed by atoms with Crippen LogP contribution in [0.3, 0.4) is 0 Å². The molecular formula is C18H15BrN2O. The number of hydrogen-bond donors (Lipinski definition) is 1. The van der Waals surface area contributed by atoms with Gasteiger partial charge in [-0.15, -0.1) is 0 Å². The van der Waals surface area contributed by atoms with E-state index in [0.29, 0.717) is 6.42 Å². The minimum atomic E-state index is -0.543. The van der Waals surface area contributed by atoms with Crippen molar-refractivity contribution < 1.29 is 4.79 Å². The van der Waals surface area contributed by atoms with Gasteiger partial charge in [0.15, 0.2) is 0 Å². The van der Waals surface area contributed by atoms with Crippen molar-refractivity contribution in [2.45, 2.75) is 12.5 Å². The van der Waals surface area contributed by atoms with Gasteiger partial charge in [0.25, 0.3) is 0 Å². The van der Waals surface area contributed by atoms with Crippen LogP contribution >= 0.6 is 15.9 Å². The molecular weight excluding hydrogens is 340 g/mol. The zero-order valence-electron chi connectivity index (χ0n) is 11.9. The molecule has 0 aliphatic rings. The third kappa shape index (κ3) is 4.87. The Morgan fingerprint density at radius 1 is 1.18 bits per heavy atom. The Hall–Kier alpha value is -2.38. The minimum absolute atomic E-state index is 0.279.